The molecule has 0 aromatic rings. The molecule has 0 rings (SSSR count). The van der Waals surface area contributed by atoms with Gasteiger partial charge in [-0.15, -0.1) is 0 Å². The van der Waals surface area contributed by atoms with E-state index in [0.717, 1.165) is 0 Å². The summed E-state index contributed by atoms with van der Waals surface area (Å²) in [5.74, 6) is -3.20. The fraction of sp³-hybridized carbons (Fsp3) is 0.733. The first-order valence-electron chi connectivity index (χ1n) is 8.34. The van der Waals surface area contributed by atoms with Crippen LogP contribution in [0.15, 0.2) is 0 Å². The molecule has 0 saturated carbocycles. The van der Waals surface area contributed by atoms with E-state index < -0.39 is 54.5 Å². The zero-order chi connectivity index (χ0) is 20.3. The highest BCUT2D eigenvalue weighted by atomic mass is 16.4. The number of nitrogens with two attached hydrogens (primary N) is 2. The van der Waals surface area contributed by atoms with Crippen LogP contribution in [-0.4, -0.2) is 71.2 Å². The summed E-state index contributed by atoms with van der Waals surface area (Å²) < 4.78 is 0. The van der Waals surface area contributed by atoms with Gasteiger partial charge in [0.1, 0.15) is 24.2 Å². The molecule has 11 nitrogen and oxygen atoms in total. The van der Waals surface area contributed by atoms with Gasteiger partial charge in [-0.3, -0.25) is 19.2 Å². The lowest BCUT2D eigenvalue weighted by molar-refractivity contribution is -0.141. The third-order valence-electron chi connectivity index (χ3n) is 3.59. The highest BCUT2D eigenvalue weighted by Gasteiger charge is 2.26. The summed E-state index contributed by atoms with van der Waals surface area (Å²) in [5, 5.41) is 24.8. The number of aliphatic carboxylic acids is 1. The Morgan fingerprint density at radius 1 is 0.923 bits per heavy atom. The maximum absolute atomic E-state index is 12.2. The second-order valence-corrected chi connectivity index (χ2v) is 5.93. The summed E-state index contributed by atoms with van der Waals surface area (Å²) in [6, 6.07) is -4.25. The molecule has 4 atom stereocenters. The Kier molecular flexibility index (Phi) is 11.1. The number of hydrogen-bond donors (Lipinski definition) is 7. The van der Waals surface area contributed by atoms with E-state index in [2.05, 4.69) is 16.0 Å². The number of amides is 3. The van der Waals surface area contributed by atoms with Gasteiger partial charge in [0.2, 0.25) is 17.7 Å². The number of aliphatic hydroxyl groups is 1. The molecule has 9 N–H and O–H groups in total. The molecule has 0 radical (unpaired) electrons. The summed E-state index contributed by atoms with van der Waals surface area (Å²) in [7, 11) is 0. The van der Waals surface area contributed by atoms with Gasteiger partial charge in [-0.25, -0.2) is 0 Å². The number of carbonyl (C=O) groups excluding carboxylic acids is 3. The largest absolute Gasteiger partial charge is 0.480 e. The monoisotopic (exact) mass is 375 g/mol. The Balaban J connectivity index is 4.87. The van der Waals surface area contributed by atoms with Crippen molar-refractivity contribution in [2.24, 2.45) is 11.5 Å². The first-order chi connectivity index (χ1) is 12.1. The molecule has 0 spiro atoms. The Hall–Kier alpha value is -2.24. The number of carbonyl (C=O) groups is 4. The topological polar surface area (TPSA) is 197 Å². The van der Waals surface area contributed by atoms with Gasteiger partial charge >= 0.3 is 5.97 Å². The first kappa shape index (κ1) is 23.8. The van der Waals surface area contributed by atoms with Crippen LogP contribution in [0.2, 0.25) is 0 Å². The van der Waals surface area contributed by atoms with E-state index in [9.17, 15) is 19.2 Å². The maximum atomic E-state index is 12.2. The molecule has 0 heterocycles. The molecule has 11 heteroatoms. The Bertz CT molecular complexity index is 501. The lowest BCUT2D eigenvalue weighted by Gasteiger charge is -2.22. The Morgan fingerprint density at radius 2 is 1.50 bits per heavy atom. The molecule has 0 fully saturated rings. The summed E-state index contributed by atoms with van der Waals surface area (Å²) >= 11 is 0. The predicted molar refractivity (Wildman–Crippen MR) is 92.7 cm³/mol. The van der Waals surface area contributed by atoms with E-state index >= 15 is 0 Å². The number of rotatable bonds is 12. The average molecular weight is 375 g/mol. The third kappa shape index (κ3) is 8.74. The van der Waals surface area contributed by atoms with Crippen LogP contribution in [0.3, 0.4) is 0 Å². The van der Waals surface area contributed by atoms with Gasteiger partial charge in [-0.05, 0) is 39.7 Å². The molecule has 0 aliphatic rings. The maximum Gasteiger partial charge on any atom is 0.325 e. The van der Waals surface area contributed by atoms with Gasteiger partial charge in [0, 0.05) is 0 Å². The van der Waals surface area contributed by atoms with Gasteiger partial charge < -0.3 is 37.6 Å². The third-order valence-corrected chi connectivity index (χ3v) is 3.59. The van der Waals surface area contributed by atoms with Crippen molar-refractivity contribution >= 4 is 23.7 Å². The number of unbranched alkanes of at least 4 members (excludes halogenated alkanes) is 1. The molecule has 0 aliphatic carbocycles. The minimum atomic E-state index is -1.20. The summed E-state index contributed by atoms with van der Waals surface area (Å²) in [4.78, 5) is 46.9. The Morgan fingerprint density at radius 3 is 2.00 bits per heavy atom. The number of hydrogen-bond acceptors (Lipinski definition) is 7. The lowest BCUT2D eigenvalue weighted by Crippen LogP contribution is -2.56. The van der Waals surface area contributed by atoms with E-state index in [-0.39, 0.29) is 6.42 Å². The normalized spacial score (nSPS) is 15.3. The molecule has 0 aliphatic heterocycles. The van der Waals surface area contributed by atoms with Crippen molar-refractivity contribution in [2.75, 3.05) is 13.2 Å². The average Bonchev–Trinajstić information content (AvgIpc) is 2.59. The van der Waals surface area contributed by atoms with Crippen LogP contribution >= 0.6 is 0 Å². The molecule has 0 saturated heterocycles. The highest BCUT2D eigenvalue weighted by Crippen LogP contribution is 2.02. The van der Waals surface area contributed by atoms with Crippen LogP contribution in [0, 0.1) is 0 Å². The van der Waals surface area contributed by atoms with Crippen LogP contribution in [-0.2, 0) is 19.2 Å². The molecule has 26 heavy (non-hydrogen) atoms. The van der Waals surface area contributed by atoms with Crippen LogP contribution in [0.25, 0.3) is 0 Å². The SMILES string of the molecule is CC(NC(=O)C(CCCCN)NC(=O)C(C)NC(=O)C(N)CO)C(=O)O. The molecule has 0 aromatic heterocycles. The predicted octanol–water partition coefficient (Wildman–Crippen LogP) is -2.99. The van der Waals surface area contributed by atoms with Gasteiger partial charge in [0.05, 0.1) is 6.61 Å². The van der Waals surface area contributed by atoms with E-state index in [4.69, 9.17) is 21.7 Å². The van der Waals surface area contributed by atoms with Crippen molar-refractivity contribution < 1.29 is 29.4 Å². The molecule has 0 bridgehead atoms. The van der Waals surface area contributed by atoms with E-state index in [1.807, 2.05) is 0 Å². The van der Waals surface area contributed by atoms with Crippen molar-refractivity contribution in [3.63, 3.8) is 0 Å². The number of nitrogens with one attached hydrogen (secondary N) is 3. The first-order valence-corrected chi connectivity index (χ1v) is 8.34. The van der Waals surface area contributed by atoms with Crippen molar-refractivity contribution in [2.45, 2.75) is 57.3 Å². The smallest absolute Gasteiger partial charge is 0.325 e. The molecule has 4 unspecified atom stereocenters. The molecular weight excluding hydrogens is 346 g/mol. The van der Waals surface area contributed by atoms with Gasteiger partial charge in [0.25, 0.3) is 0 Å². The van der Waals surface area contributed by atoms with Gasteiger partial charge in [0.15, 0.2) is 0 Å². The standard InChI is InChI=1S/C15H29N5O6/c1-8(18-13(23)10(17)7-21)12(22)20-11(5-3-4-6-16)14(24)19-9(2)15(25)26/h8-11,21H,3-7,16-17H2,1-2H3,(H,18,23)(H,19,24)(H,20,22)(H,25,26). The van der Waals surface area contributed by atoms with Crippen molar-refractivity contribution in [3.05, 3.63) is 0 Å². The summed E-state index contributed by atoms with van der Waals surface area (Å²) in [6.07, 6.45) is 1.44. The zero-order valence-electron chi connectivity index (χ0n) is 15.0. The summed E-state index contributed by atoms with van der Waals surface area (Å²) in [5.41, 5.74) is 10.8. The van der Waals surface area contributed by atoms with E-state index in [1.165, 1.54) is 13.8 Å². The quantitative estimate of drug-likeness (QED) is 0.175. The second kappa shape index (κ2) is 12.2. The van der Waals surface area contributed by atoms with Gasteiger partial charge in [-0.1, -0.05) is 0 Å². The second-order valence-electron chi connectivity index (χ2n) is 5.93. The number of aliphatic hydroxyl groups excluding tert-OH is 1. The van der Waals surface area contributed by atoms with Crippen LogP contribution < -0.4 is 27.4 Å². The Labute approximate surface area is 151 Å². The van der Waals surface area contributed by atoms with Crippen molar-refractivity contribution in [1.29, 1.82) is 0 Å². The minimum absolute atomic E-state index is 0.262. The van der Waals surface area contributed by atoms with Crippen LogP contribution in [0.1, 0.15) is 33.1 Å². The fourth-order valence-electron chi connectivity index (χ4n) is 1.90. The van der Waals surface area contributed by atoms with Crippen molar-refractivity contribution in [3.8, 4) is 0 Å². The van der Waals surface area contributed by atoms with Crippen LogP contribution in [0.4, 0.5) is 0 Å². The minimum Gasteiger partial charge on any atom is -0.480 e. The van der Waals surface area contributed by atoms with Gasteiger partial charge in [-0.2, -0.15) is 0 Å². The fourth-order valence-corrected chi connectivity index (χ4v) is 1.90. The van der Waals surface area contributed by atoms with Crippen molar-refractivity contribution in [1.82, 2.24) is 16.0 Å². The molecular formula is C15H29N5O6. The van der Waals surface area contributed by atoms with Crippen LogP contribution in [0.5, 0.6) is 0 Å². The number of carboxylic acid groups (broad SMARTS) is 1. The lowest BCUT2D eigenvalue weighted by atomic mass is 10.1. The molecule has 0 aromatic carbocycles. The summed E-state index contributed by atoms with van der Waals surface area (Å²) in [6.45, 7) is 2.54. The number of carboxylic acids is 1. The van der Waals surface area contributed by atoms with E-state index in [1.54, 1.807) is 0 Å². The molecule has 150 valence electrons. The zero-order valence-corrected chi connectivity index (χ0v) is 15.0. The van der Waals surface area contributed by atoms with E-state index in [0.29, 0.717) is 19.4 Å². The molecule has 3 amide bonds. The highest BCUT2D eigenvalue weighted by molar-refractivity contribution is 5.93.